The average Bonchev–Trinajstić information content (AvgIpc) is 2.86. The molecule has 2 aliphatic heterocycles. The number of fused-ring (bicyclic) bond motifs is 1. The Hall–Kier alpha value is -1.93. The number of ether oxygens (including phenoxy) is 3. The highest BCUT2D eigenvalue weighted by Gasteiger charge is 2.34. The summed E-state index contributed by atoms with van der Waals surface area (Å²) in [6, 6.07) is 0.183. The highest BCUT2D eigenvalue weighted by Crippen LogP contribution is 2.33. The Labute approximate surface area is 141 Å². The van der Waals surface area contributed by atoms with Crippen molar-refractivity contribution in [3.8, 4) is 6.01 Å². The van der Waals surface area contributed by atoms with Crippen LogP contribution in [-0.4, -0.2) is 55.5 Å². The Kier molecular flexibility index (Phi) is 5.15. The molecule has 1 aromatic heterocycles. The molecule has 1 aromatic rings. The Bertz CT molecular complexity index is 604. The molecule has 0 aliphatic carbocycles. The Morgan fingerprint density at radius 2 is 2.12 bits per heavy atom. The number of anilines is 2. The van der Waals surface area contributed by atoms with Gasteiger partial charge in [0.25, 0.3) is 0 Å². The van der Waals surface area contributed by atoms with Gasteiger partial charge in [0.15, 0.2) is 0 Å². The third-order valence-electron chi connectivity index (χ3n) is 4.37. The van der Waals surface area contributed by atoms with E-state index in [4.69, 9.17) is 19.9 Å². The number of carbonyl (C=O) groups is 1. The second kappa shape index (κ2) is 7.31. The molecule has 0 radical (unpaired) electrons. The van der Waals surface area contributed by atoms with Crippen molar-refractivity contribution in [2.75, 3.05) is 44.1 Å². The number of carbonyl (C=O) groups excluding carboxylic acids is 1. The first-order valence-corrected chi connectivity index (χ1v) is 8.28. The highest BCUT2D eigenvalue weighted by molar-refractivity contribution is 6.01. The Balaban J connectivity index is 1.79. The van der Waals surface area contributed by atoms with Crippen LogP contribution in [0.25, 0.3) is 0 Å². The van der Waals surface area contributed by atoms with Gasteiger partial charge in [-0.25, -0.2) is 0 Å². The number of nitrogens with two attached hydrogens (primary N) is 1. The number of hydrogen-bond donors (Lipinski definition) is 1. The minimum Gasteiger partial charge on any atom is -0.458 e. The molecule has 1 saturated heterocycles. The first-order valence-electron chi connectivity index (χ1n) is 8.28. The van der Waals surface area contributed by atoms with Gasteiger partial charge in [0.2, 0.25) is 5.91 Å². The lowest BCUT2D eigenvalue weighted by atomic mass is 10.00. The average molecular weight is 336 g/mol. The number of aromatic nitrogens is 2. The maximum absolute atomic E-state index is 12.4. The first kappa shape index (κ1) is 16.9. The van der Waals surface area contributed by atoms with Gasteiger partial charge >= 0.3 is 6.01 Å². The zero-order valence-corrected chi connectivity index (χ0v) is 14.2. The van der Waals surface area contributed by atoms with Gasteiger partial charge in [-0.05, 0) is 25.7 Å². The largest absolute Gasteiger partial charge is 0.458 e. The molecule has 8 heteroatoms. The van der Waals surface area contributed by atoms with Gasteiger partial charge in [0.1, 0.15) is 17.7 Å². The van der Waals surface area contributed by atoms with Crippen molar-refractivity contribution in [3.05, 3.63) is 5.56 Å². The first-order chi connectivity index (χ1) is 11.6. The molecule has 0 bridgehead atoms. The molecule has 1 fully saturated rings. The van der Waals surface area contributed by atoms with Crippen LogP contribution in [0.1, 0.15) is 25.3 Å². The third kappa shape index (κ3) is 3.59. The zero-order chi connectivity index (χ0) is 17.1. The number of nitrogen functional groups attached to an aromatic ring is 1. The second-order valence-electron chi connectivity index (χ2n) is 6.31. The summed E-state index contributed by atoms with van der Waals surface area (Å²) in [6.45, 7) is 4.41. The fraction of sp³-hybridized carbons (Fsp3) is 0.688. The summed E-state index contributed by atoms with van der Waals surface area (Å²) < 4.78 is 16.1. The number of hydrogen-bond acceptors (Lipinski definition) is 7. The summed E-state index contributed by atoms with van der Waals surface area (Å²) in [5, 5.41) is 0. The fourth-order valence-corrected chi connectivity index (χ4v) is 3.10. The Morgan fingerprint density at radius 1 is 1.38 bits per heavy atom. The van der Waals surface area contributed by atoms with Gasteiger partial charge in [0.05, 0.1) is 13.0 Å². The molecule has 24 heavy (non-hydrogen) atoms. The minimum atomic E-state index is -0.200. The SMILES string of the molecule is COCC(C)Oc1nc(N)c2c(n1)N(CC1CCOCC1)C(=O)C2. The lowest BCUT2D eigenvalue weighted by molar-refractivity contribution is -0.117. The number of rotatable bonds is 6. The standard InChI is InChI=1S/C16H24N4O4/c1-10(9-22-2)24-16-18-14(17)12-7-13(21)20(15(12)19-16)8-11-3-5-23-6-4-11/h10-11H,3-9H2,1-2H3,(H2,17,18,19). The smallest absolute Gasteiger partial charge is 0.320 e. The van der Waals surface area contributed by atoms with Gasteiger partial charge in [-0.15, -0.1) is 0 Å². The van der Waals surface area contributed by atoms with Crippen LogP contribution in [0.15, 0.2) is 0 Å². The van der Waals surface area contributed by atoms with Gasteiger partial charge in [-0.1, -0.05) is 0 Å². The van der Waals surface area contributed by atoms with E-state index in [1.54, 1.807) is 12.0 Å². The summed E-state index contributed by atoms with van der Waals surface area (Å²) in [5.74, 6) is 1.32. The molecule has 1 amide bonds. The molecule has 3 heterocycles. The molecule has 0 spiro atoms. The summed E-state index contributed by atoms with van der Waals surface area (Å²) in [5.41, 5.74) is 6.71. The molecular formula is C16H24N4O4. The molecular weight excluding hydrogens is 312 g/mol. The third-order valence-corrected chi connectivity index (χ3v) is 4.37. The van der Waals surface area contributed by atoms with Gasteiger partial charge < -0.3 is 19.9 Å². The summed E-state index contributed by atoms with van der Waals surface area (Å²) >= 11 is 0. The lowest BCUT2D eigenvalue weighted by Crippen LogP contribution is -2.35. The summed E-state index contributed by atoms with van der Waals surface area (Å²) in [4.78, 5) is 22.7. The Morgan fingerprint density at radius 3 is 2.83 bits per heavy atom. The van der Waals surface area contributed by atoms with Gasteiger partial charge in [-0.2, -0.15) is 9.97 Å². The summed E-state index contributed by atoms with van der Waals surface area (Å²) in [7, 11) is 1.60. The van der Waals surface area contributed by atoms with E-state index in [2.05, 4.69) is 9.97 Å². The minimum absolute atomic E-state index is 0.0135. The van der Waals surface area contributed by atoms with Crippen molar-refractivity contribution < 1.29 is 19.0 Å². The molecule has 8 nitrogen and oxygen atoms in total. The molecule has 1 unspecified atom stereocenters. The van der Waals surface area contributed by atoms with Crippen LogP contribution < -0.4 is 15.4 Å². The van der Waals surface area contributed by atoms with Crippen molar-refractivity contribution in [2.45, 2.75) is 32.3 Å². The monoisotopic (exact) mass is 336 g/mol. The molecule has 1 atom stereocenters. The van der Waals surface area contributed by atoms with E-state index in [0.717, 1.165) is 26.1 Å². The normalized spacial score (nSPS) is 19.4. The molecule has 0 aromatic carbocycles. The van der Waals surface area contributed by atoms with Gasteiger partial charge in [0, 0.05) is 32.4 Å². The lowest BCUT2D eigenvalue weighted by Gasteiger charge is -2.27. The molecule has 2 N–H and O–H groups in total. The van der Waals surface area contributed by atoms with Crippen LogP contribution in [0.5, 0.6) is 6.01 Å². The predicted molar refractivity (Wildman–Crippen MR) is 88.0 cm³/mol. The van der Waals surface area contributed by atoms with Crippen molar-refractivity contribution in [3.63, 3.8) is 0 Å². The fourth-order valence-electron chi connectivity index (χ4n) is 3.10. The maximum atomic E-state index is 12.4. The van der Waals surface area contributed by atoms with Crippen molar-refractivity contribution in [2.24, 2.45) is 5.92 Å². The van der Waals surface area contributed by atoms with Crippen LogP contribution in [0.4, 0.5) is 11.6 Å². The molecule has 132 valence electrons. The van der Waals surface area contributed by atoms with E-state index in [1.165, 1.54) is 0 Å². The molecule has 2 aliphatic rings. The van der Waals surface area contributed by atoms with Crippen molar-refractivity contribution >= 4 is 17.5 Å². The summed E-state index contributed by atoms with van der Waals surface area (Å²) in [6.07, 6.45) is 1.95. The van der Waals surface area contributed by atoms with Crippen LogP contribution in [0, 0.1) is 5.92 Å². The van der Waals surface area contributed by atoms with Crippen molar-refractivity contribution in [1.82, 2.24) is 9.97 Å². The van der Waals surface area contributed by atoms with Crippen LogP contribution >= 0.6 is 0 Å². The van der Waals surface area contributed by atoms with Crippen LogP contribution in [-0.2, 0) is 20.7 Å². The molecule has 0 saturated carbocycles. The van der Waals surface area contributed by atoms with E-state index < -0.39 is 0 Å². The van der Waals surface area contributed by atoms with Gasteiger partial charge in [-0.3, -0.25) is 9.69 Å². The van der Waals surface area contributed by atoms with Crippen LogP contribution in [0.3, 0.4) is 0 Å². The van der Waals surface area contributed by atoms with E-state index in [9.17, 15) is 4.79 Å². The van der Waals surface area contributed by atoms with E-state index in [1.807, 2.05) is 6.92 Å². The number of methoxy groups -OCH3 is 1. The zero-order valence-electron chi connectivity index (χ0n) is 14.2. The maximum Gasteiger partial charge on any atom is 0.320 e. The number of nitrogens with zero attached hydrogens (tertiary/aromatic N) is 3. The molecule has 3 rings (SSSR count). The number of amides is 1. The van der Waals surface area contributed by atoms with E-state index >= 15 is 0 Å². The van der Waals surface area contributed by atoms with E-state index in [0.29, 0.717) is 36.3 Å². The predicted octanol–water partition coefficient (Wildman–Crippen LogP) is 0.788. The quantitative estimate of drug-likeness (QED) is 0.819. The van der Waals surface area contributed by atoms with E-state index in [-0.39, 0.29) is 24.4 Å². The van der Waals surface area contributed by atoms with Crippen molar-refractivity contribution in [1.29, 1.82) is 0 Å². The second-order valence-corrected chi connectivity index (χ2v) is 6.31. The van der Waals surface area contributed by atoms with Crippen LogP contribution in [0.2, 0.25) is 0 Å². The highest BCUT2D eigenvalue weighted by atomic mass is 16.5. The topological polar surface area (TPSA) is 99.8 Å².